The second-order valence-corrected chi connectivity index (χ2v) is 4.93. The number of hydrogen-bond donors (Lipinski definition) is 0. The predicted molar refractivity (Wildman–Crippen MR) is 62.6 cm³/mol. The van der Waals surface area contributed by atoms with Gasteiger partial charge in [-0.1, -0.05) is 0 Å². The molecule has 0 N–H and O–H groups in total. The van der Waals surface area contributed by atoms with Gasteiger partial charge in [-0.15, -0.1) is 0 Å². The molecule has 0 spiro atoms. The molecule has 1 rings (SSSR count). The van der Waals surface area contributed by atoms with E-state index in [1.165, 1.54) is 12.8 Å². The second kappa shape index (κ2) is 5.48. The Kier molecular flexibility index (Phi) is 4.56. The van der Waals surface area contributed by atoms with Crippen LogP contribution in [0.25, 0.3) is 0 Å². The molecular formula is C12H23N3. The summed E-state index contributed by atoms with van der Waals surface area (Å²) in [6, 6.07) is 4.15. The van der Waals surface area contributed by atoms with Crippen molar-refractivity contribution in [2.75, 3.05) is 20.6 Å². The molecule has 0 saturated carbocycles. The summed E-state index contributed by atoms with van der Waals surface area (Å²) in [5.41, 5.74) is 0. The molecule has 3 heteroatoms. The Morgan fingerprint density at radius 2 is 1.80 bits per heavy atom. The lowest BCUT2D eigenvalue weighted by atomic mass is 9.92. The molecule has 0 aromatic rings. The van der Waals surface area contributed by atoms with E-state index in [0.29, 0.717) is 24.5 Å². The summed E-state index contributed by atoms with van der Waals surface area (Å²) in [4.78, 5) is 4.80. The Bertz CT molecular complexity index is 220. The molecule has 1 aliphatic rings. The molecule has 86 valence electrons. The lowest BCUT2D eigenvalue weighted by molar-refractivity contribution is 0.0545. The Morgan fingerprint density at radius 1 is 1.27 bits per heavy atom. The maximum atomic E-state index is 8.62. The van der Waals surface area contributed by atoms with E-state index in [9.17, 15) is 0 Å². The van der Waals surface area contributed by atoms with Gasteiger partial charge < -0.3 is 4.90 Å². The van der Waals surface area contributed by atoms with Gasteiger partial charge in [0.25, 0.3) is 0 Å². The first kappa shape index (κ1) is 12.5. The van der Waals surface area contributed by atoms with Crippen molar-refractivity contribution in [1.82, 2.24) is 9.80 Å². The first-order valence-corrected chi connectivity index (χ1v) is 5.85. The molecular weight excluding hydrogens is 186 g/mol. The molecule has 0 aromatic heterocycles. The zero-order valence-electron chi connectivity index (χ0n) is 10.4. The van der Waals surface area contributed by atoms with E-state index < -0.39 is 0 Å². The Balaban J connectivity index is 2.53. The van der Waals surface area contributed by atoms with Crippen LogP contribution >= 0.6 is 0 Å². The van der Waals surface area contributed by atoms with Gasteiger partial charge in [-0.05, 0) is 40.8 Å². The van der Waals surface area contributed by atoms with Crippen LogP contribution in [-0.2, 0) is 0 Å². The van der Waals surface area contributed by atoms with Crippen molar-refractivity contribution in [2.45, 2.75) is 51.2 Å². The summed E-state index contributed by atoms with van der Waals surface area (Å²) in [6.07, 6.45) is 3.10. The molecule has 15 heavy (non-hydrogen) atoms. The molecule has 0 aliphatic carbocycles. The van der Waals surface area contributed by atoms with E-state index in [1.54, 1.807) is 0 Å². The topological polar surface area (TPSA) is 30.3 Å². The lowest BCUT2D eigenvalue weighted by Gasteiger charge is -2.44. The van der Waals surface area contributed by atoms with E-state index in [4.69, 9.17) is 5.26 Å². The minimum absolute atomic E-state index is 0.606. The largest absolute Gasteiger partial charge is 0.306 e. The minimum Gasteiger partial charge on any atom is -0.306 e. The third-order valence-corrected chi connectivity index (χ3v) is 3.57. The third-order valence-electron chi connectivity index (χ3n) is 3.57. The second-order valence-electron chi connectivity index (χ2n) is 4.93. The molecule has 1 saturated heterocycles. The van der Waals surface area contributed by atoms with Crippen molar-refractivity contribution in [2.24, 2.45) is 0 Å². The molecule has 0 amide bonds. The van der Waals surface area contributed by atoms with Gasteiger partial charge in [0, 0.05) is 31.1 Å². The van der Waals surface area contributed by atoms with Crippen LogP contribution < -0.4 is 0 Å². The number of likely N-dealkylation sites (tertiary alicyclic amines) is 1. The van der Waals surface area contributed by atoms with Crippen molar-refractivity contribution in [3.63, 3.8) is 0 Å². The summed E-state index contributed by atoms with van der Waals surface area (Å²) >= 11 is 0. The Labute approximate surface area is 93.7 Å². The molecule has 3 nitrogen and oxygen atoms in total. The van der Waals surface area contributed by atoms with Gasteiger partial charge in [0.2, 0.25) is 0 Å². The van der Waals surface area contributed by atoms with Crippen LogP contribution in [0.4, 0.5) is 0 Å². The van der Waals surface area contributed by atoms with Crippen molar-refractivity contribution in [1.29, 1.82) is 5.26 Å². The lowest BCUT2D eigenvalue weighted by Crippen LogP contribution is -2.51. The molecule has 0 aromatic carbocycles. The van der Waals surface area contributed by atoms with Crippen molar-refractivity contribution >= 4 is 0 Å². The van der Waals surface area contributed by atoms with Gasteiger partial charge in [-0.2, -0.15) is 5.26 Å². The van der Waals surface area contributed by atoms with E-state index >= 15 is 0 Å². The quantitative estimate of drug-likeness (QED) is 0.709. The summed E-state index contributed by atoms with van der Waals surface area (Å²) in [5.74, 6) is 0. The number of nitriles is 1. The fourth-order valence-electron chi connectivity index (χ4n) is 2.63. The van der Waals surface area contributed by atoms with Gasteiger partial charge >= 0.3 is 0 Å². The molecule has 0 bridgehead atoms. The highest BCUT2D eigenvalue weighted by Gasteiger charge is 2.31. The van der Waals surface area contributed by atoms with E-state index in [1.807, 2.05) is 0 Å². The van der Waals surface area contributed by atoms with E-state index in [2.05, 4.69) is 43.8 Å². The van der Waals surface area contributed by atoms with Crippen LogP contribution in [0.2, 0.25) is 0 Å². The first-order valence-electron chi connectivity index (χ1n) is 5.85. The normalized spacial score (nSPS) is 32.9. The highest BCUT2D eigenvalue weighted by atomic mass is 15.2. The smallest absolute Gasteiger partial charge is 0.0635 e. The number of hydrogen-bond acceptors (Lipinski definition) is 3. The van der Waals surface area contributed by atoms with Crippen LogP contribution in [0, 0.1) is 11.3 Å². The number of piperidine rings is 1. The monoisotopic (exact) mass is 209 g/mol. The molecule has 1 fully saturated rings. The van der Waals surface area contributed by atoms with Crippen LogP contribution in [0.3, 0.4) is 0 Å². The van der Waals surface area contributed by atoms with Gasteiger partial charge in [-0.3, -0.25) is 4.90 Å². The Morgan fingerprint density at radius 3 is 2.20 bits per heavy atom. The minimum atomic E-state index is 0.606. The average Bonchev–Trinajstić information content (AvgIpc) is 2.16. The van der Waals surface area contributed by atoms with Crippen LogP contribution in [0.1, 0.15) is 33.1 Å². The van der Waals surface area contributed by atoms with Crippen LogP contribution in [-0.4, -0.2) is 48.6 Å². The van der Waals surface area contributed by atoms with Crippen molar-refractivity contribution in [3.05, 3.63) is 0 Å². The zero-order valence-corrected chi connectivity index (χ0v) is 10.4. The molecule has 1 heterocycles. The van der Waals surface area contributed by atoms with Gasteiger partial charge in [0.1, 0.15) is 0 Å². The summed E-state index contributed by atoms with van der Waals surface area (Å²) < 4.78 is 0. The predicted octanol–water partition coefficient (Wildman–Crippen LogP) is 1.70. The summed E-state index contributed by atoms with van der Waals surface area (Å²) in [6.45, 7) is 5.49. The van der Waals surface area contributed by atoms with Gasteiger partial charge in [-0.25, -0.2) is 0 Å². The highest BCUT2D eigenvalue weighted by Crippen LogP contribution is 2.25. The first-order chi connectivity index (χ1) is 7.06. The van der Waals surface area contributed by atoms with Gasteiger partial charge in [0.05, 0.1) is 6.07 Å². The summed E-state index contributed by atoms with van der Waals surface area (Å²) in [5, 5.41) is 8.62. The molecule has 0 radical (unpaired) electrons. The highest BCUT2D eigenvalue weighted by molar-refractivity contribution is 4.89. The third kappa shape index (κ3) is 3.19. The summed E-state index contributed by atoms with van der Waals surface area (Å²) in [7, 11) is 4.32. The fourth-order valence-corrected chi connectivity index (χ4v) is 2.63. The Hall–Kier alpha value is -0.590. The van der Waals surface area contributed by atoms with Crippen molar-refractivity contribution in [3.8, 4) is 6.07 Å². The SMILES string of the molecule is CC1CC(N(C)C)CC(C)N1CCC#N. The van der Waals surface area contributed by atoms with Crippen molar-refractivity contribution < 1.29 is 0 Å². The van der Waals surface area contributed by atoms with Crippen LogP contribution in [0.5, 0.6) is 0 Å². The van der Waals surface area contributed by atoms with E-state index in [-0.39, 0.29) is 0 Å². The molecule has 1 aliphatic heterocycles. The number of rotatable bonds is 3. The average molecular weight is 209 g/mol. The fraction of sp³-hybridized carbons (Fsp3) is 0.917. The number of nitrogens with zero attached hydrogens (tertiary/aromatic N) is 3. The standard InChI is InChI=1S/C12H23N3/c1-10-8-12(14(3)4)9-11(2)15(10)7-5-6-13/h10-12H,5,7-9H2,1-4H3. The van der Waals surface area contributed by atoms with E-state index in [0.717, 1.165) is 6.54 Å². The van der Waals surface area contributed by atoms with Gasteiger partial charge in [0.15, 0.2) is 0 Å². The molecule has 2 unspecified atom stereocenters. The van der Waals surface area contributed by atoms with Crippen LogP contribution in [0.15, 0.2) is 0 Å². The maximum absolute atomic E-state index is 8.62. The maximum Gasteiger partial charge on any atom is 0.0635 e. The zero-order chi connectivity index (χ0) is 11.4. The molecule has 2 atom stereocenters.